The molecule has 1 rings (SSSR count). The number of aliphatic carboxylic acids is 1. The van der Waals surface area contributed by atoms with E-state index in [0.717, 1.165) is 0 Å². The van der Waals surface area contributed by atoms with Gasteiger partial charge in [0.05, 0.1) is 9.89 Å². The molecule has 0 saturated carbocycles. The second kappa shape index (κ2) is 5.39. The highest BCUT2D eigenvalue weighted by Gasteiger charge is 2.27. The molecule has 1 amide bonds. The first kappa shape index (κ1) is 14.5. The Bertz CT molecular complexity index is 485. The number of amides is 1. The average Bonchev–Trinajstić information content (AvgIpc) is 2.29. The molecule has 0 fully saturated rings. The lowest BCUT2D eigenvalue weighted by Crippen LogP contribution is -2.38. The van der Waals surface area contributed by atoms with Crippen LogP contribution in [0, 0.1) is 5.41 Å². The minimum Gasteiger partial charge on any atom is -0.507 e. The topological polar surface area (TPSA) is 86.6 Å². The minimum atomic E-state index is -1.03. The van der Waals surface area contributed by atoms with E-state index in [-0.39, 0.29) is 17.9 Å². The third kappa shape index (κ3) is 3.46. The molecular weight excluding hydrogens is 302 g/mol. The Balaban J connectivity index is 2.72. The summed E-state index contributed by atoms with van der Waals surface area (Å²) in [6, 6.07) is 4.40. The number of phenolic OH excluding ortho intramolecular Hbond substituents is 1. The van der Waals surface area contributed by atoms with Crippen molar-refractivity contribution in [2.75, 3.05) is 6.54 Å². The fourth-order valence-corrected chi connectivity index (χ4v) is 1.38. The van der Waals surface area contributed by atoms with Gasteiger partial charge in [0.25, 0.3) is 5.91 Å². The Morgan fingerprint density at radius 2 is 2.00 bits per heavy atom. The second-order valence-corrected chi connectivity index (χ2v) is 5.39. The molecule has 0 atom stereocenters. The van der Waals surface area contributed by atoms with Gasteiger partial charge in [0.1, 0.15) is 5.75 Å². The van der Waals surface area contributed by atoms with Crippen molar-refractivity contribution in [3.8, 4) is 5.75 Å². The first-order valence-corrected chi connectivity index (χ1v) is 6.03. The van der Waals surface area contributed by atoms with Gasteiger partial charge in [-0.1, -0.05) is 0 Å². The van der Waals surface area contributed by atoms with Crippen molar-refractivity contribution in [2.24, 2.45) is 5.41 Å². The Morgan fingerprint density at radius 3 is 2.50 bits per heavy atom. The van der Waals surface area contributed by atoms with Gasteiger partial charge >= 0.3 is 5.97 Å². The Morgan fingerprint density at radius 1 is 1.39 bits per heavy atom. The van der Waals surface area contributed by atoms with Gasteiger partial charge < -0.3 is 15.5 Å². The van der Waals surface area contributed by atoms with Crippen LogP contribution in [-0.4, -0.2) is 28.6 Å². The molecule has 6 heteroatoms. The number of nitrogens with one attached hydrogen (secondary N) is 1. The van der Waals surface area contributed by atoms with Gasteiger partial charge in [0, 0.05) is 12.1 Å². The smallest absolute Gasteiger partial charge is 0.310 e. The molecule has 0 unspecified atom stereocenters. The molecule has 0 heterocycles. The molecule has 1 aromatic carbocycles. The third-order valence-electron chi connectivity index (χ3n) is 2.48. The maximum absolute atomic E-state index is 11.7. The monoisotopic (exact) mass is 315 g/mol. The number of carbonyl (C=O) groups excluding carboxylic acids is 1. The third-order valence-corrected chi connectivity index (χ3v) is 3.15. The van der Waals surface area contributed by atoms with Crippen LogP contribution in [0.3, 0.4) is 0 Å². The van der Waals surface area contributed by atoms with Crippen molar-refractivity contribution in [3.05, 3.63) is 28.2 Å². The van der Waals surface area contributed by atoms with Crippen LogP contribution in [0.15, 0.2) is 22.7 Å². The lowest BCUT2D eigenvalue weighted by atomic mass is 9.94. The highest BCUT2D eigenvalue weighted by Crippen LogP contribution is 2.24. The summed E-state index contributed by atoms with van der Waals surface area (Å²) < 4.78 is 0.491. The van der Waals surface area contributed by atoms with Crippen LogP contribution in [0.25, 0.3) is 0 Å². The predicted molar refractivity (Wildman–Crippen MR) is 69.6 cm³/mol. The van der Waals surface area contributed by atoms with Gasteiger partial charge in [-0.05, 0) is 48.0 Å². The van der Waals surface area contributed by atoms with Crippen LogP contribution < -0.4 is 5.32 Å². The fraction of sp³-hybridized carbons (Fsp3) is 0.333. The largest absolute Gasteiger partial charge is 0.507 e. The fourth-order valence-electron chi connectivity index (χ4n) is 1.13. The lowest BCUT2D eigenvalue weighted by molar-refractivity contribution is -0.146. The van der Waals surface area contributed by atoms with E-state index in [4.69, 9.17) is 5.11 Å². The zero-order valence-electron chi connectivity index (χ0n) is 10.0. The van der Waals surface area contributed by atoms with E-state index in [9.17, 15) is 14.7 Å². The maximum atomic E-state index is 11.7. The molecule has 1 aromatic rings. The minimum absolute atomic E-state index is 0.0119. The van der Waals surface area contributed by atoms with E-state index < -0.39 is 17.3 Å². The van der Waals surface area contributed by atoms with Gasteiger partial charge in [-0.2, -0.15) is 0 Å². The van der Waals surface area contributed by atoms with E-state index >= 15 is 0 Å². The molecule has 0 bridgehead atoms. The number of carboxylic acids is 1. The average molecular weight is 316 g/mol. The number of carbonyl (C=O) groups is 2. The Labute approximate surface area is 113 Å². The number of benzene rings is 1. The number of halogens is 1. The highest BCUT2D eigenvalue weighted by molar-refractivity contribution is 9.10. The molecule has 0 radical (unpaired) electrons. The van der Waals surface area contributed by atoms with Gasteiger partial charge in [0.15, 0.2) is 0 Å². The van der Waals surface area contributed by atoms with Crippen LogP contribution in [0.1, 0.15) is 24.2 Å². The Kier molecular flexibility index (Phi) is 4.34. The molecule has 0 aliphatic rings. The van der Waals surface area contributed by atoms with Gasteiger partial charge in [-0.25, -0.2) is 0 Å². The Hall–Kier alpha value is -1.56. The number of carboxylic acid groups (broad SMARTS) is 1. The molecule has 98 valence electrons. The van der Waals surface area contributed by atoms with Crippen LogP contribution in [0.2, 0.25) is 0 Å². The van der Waals surface area contributed by atoms with Gasteiger partial charge in [0.2, 0.25) is 0 Å². The normalized spacial score (nSPS) is 11.1. The van der Waals surface area contributed by atoms with Gasteiger partial charge in [-0.15, -0.1) is 0 Å². The molecular formula is C12H14BrNO4. The summed E-state index contributed by atoms with van der Waals surface area (Å²) in [4.78, 5) is 22.6. The van der Waals surface area contributed by atoms with Crippen molar-refractivity contribution in [2.45, 2.75) is 13.8 Å². The van der Waals surface area contributed by atoms with Crippen LogP contribution in [0.5, 0.6) is 5.75 Å². The van der Waals surface area contributed by atoms with E-state index in [1.807, 2.05) is 0 Å². The molecule has 0 saturated heterocycles. The van der Waals surface area contributed by atoms with Gasteiger partial charge in [-0.3, -0.25) is 9.59 Å². The standard InChI is InChI=1S/C12H14BrNO4/c1-12(2,11(17)18)6-14-10(16)7-3-4-8(13)9(15)5-7/h3-5,15H,6H2,1-2H3,(H,14,16)(H,17,18). The zero-order chi connectivity index (χ0) is 13.9. The van der Waals surface area contributed by atoms with Crippen molar-refractivity contribution < 1.29 is 19.8 Å². The number of rotatable bonds is 4. The maximum Gasteiger partial charge on any atom is 0.310 e. The molecule has 0 aliphatic carbocycles. The second-order valence-electron chi connectivity index (χ2n) is 4.54. The molecule has 0 aromatic heterocycles. The SMILES string of the molecule is CC(C)(CNC(=O)c1ccc(Br)c(O)c1)C(=O)O. The molecule has 3 N–H and O–H groups in total. The quantitative estimate of drug-likeness (QED) is 0.793. The first-order chi connectivity index (χ1) is 8.24. The molecule has 0 spiro atoms. The predicted octanol–water partition coefficient (Wildman–Crippen LogP) is 2.00. The molecule has 18 heavy (non-hydrogen) atoms. The van der Waals surface area contributed by atoms with Crippen LogP contribution >= 0.6 is 15.9 Å². The number of phenols is 1. The van der Waals surface area contributed by atoms with E-state index in [1.54, 1.807) is 6.07 Å². The van der Waals surface area contributed by atoms with Crippen molar-refractivity contribution in [1.29, 1.82) is 0 Å². The molecule has 5 nitrogen and oxygen atoms in total. The number of aromatic hydroxyl groups is 1. The van der Waals surface area contributed by atoms with Crippen molar-refractivity contribution in [1.82, 2.24) is 5.32 Å². The number of hydrogen-bond donors (Lipinski definition) is 3. The highest BCUT2D eigenvalue weighted by atomic mass is 79.9. The summed E-state index contributed by atoms with van der Waals surface area (Å²) >= 11 is 3.11. The van der Waals surface area contributed by atoms with Crippen LogP contribution in [-0.2, 0) is 4.79 Å². The zero-order valence-corrected chi connectivity index (χ0v) is 11.6. The summed E-state index contributed by atoms with van der Waals surface area (Å²) in [6.45, 7) is 3.06. The van der Waals surface area contributed by atoms with E-state index in [0.29, 0.717) is 4.47 Å². The van der Waals surface area contributed by atoms with E-state index in [1.165, 1.54) is 26.0 Å². The van der Waals surface area contributed by atoms with E-state index in [2.05, 4.69) is 21.2 Å². The summed E-state index contributed by atoms with van der Waals surface area (Å²) in [5.74, 6) is -1.45. The summed E-state index contributed by atoms with van der Waals surface area (Å²) in [6.07, 6.45) is 0. The summed E-state index contributed by atoms with van der Waals surface area (Å²) in [5.41, 5.74) is -0.760. The summed E-state index contributed by atoms with van der Waals surface area (Å²) in [5, 5.41) is 20.9. The lowest BCUT2D eigenvalue weighted by Gasteiger charge is -2.19. The van der Waals surface area contributed by atoms with Crippen LogP contribution in [0.4, 0.5) is 0 Å². The number of hydrogen-bond acceptors (Lipinski definition) is 3. The van der Waals surface area contributed by atoms with Crippen molar-refractivity contribution >= 4 is 27.8 Å². The first-order valence-electron chi connectivity index (χ1n) is 5.24. The molecule has 0 aliphatic heterocycles. The summed E-state index contributed by atoms with van der Waals surface area (Å²) in [7, 11) is 0. The van der Waals surface area contributed by atoms with Crippen molar-refractivity contribution in [3.63, 3.8) is 0 Å².